The summed E-state index contributed by atoms with van der Waals surface area (Å²) in [6.45, 7) is 7.92. The Balaban J connectivity index is 2.01. The molecular weight excluding hydrogens is 236 g/mol. The highest BCUT2D eigenvalue weighted by Crippen LogP contribution is 2.13. The fourth-order valence-corrected chi connectivity index (χ4v) is 1.84. The summed E-state index contributed by atoms with van der Waals surface area (Å²) in [7, 11) is 0. The van der Waals surface area contributed by atoms with E-state index in [2.05, 4.69) is 52.6 Å². The molecule has 19 heavy (non-hydrogen) atoms. The van der Waals surface area contributed by atoms with Crippen LogP contribution in [0.2, 0.25) is 0 Å². The largest absolute Gasteiger partial charge is 0.370 e. The van der Waals surface area contributed by atoms with Crippen LogP contribution < -0.4 is 10.6 Å². The van der Waals surface area contributed by atoms with Crippen molar-refractivity contribution in [3.05, 3.63) is 47.3 Å². The minimum Gasteiger partial charge on any atom is -0.370 e. The average molecular weight is 256 g/mol. The van der Waals surface area contributed by atoms with Crippen LogP contribution in [0.15, 0.2) is 30.6 Å². The molecule has 0 atom stereocenters. The van der Waals surface area contributed by atoms with Gasteiger partial charge in [-0.15, -0.1) is 0 Å². The molecule has 0 radical (unpaired) electrons. The second kappa shape index (κ2) is 6.18. The van der Waals surface area contributed by atoms with Crippen LogP contribution in [-0.2, 0) is 6.54 Å². The molecule has 0 unspecified atom stereocenters. The fourth-order valence-electron chi connectivity index (χ4n) is 1.84. The number of nitrogens with zero attached hydrogens (tertiary/aromatic N) is 2. The van der Waals surface area contributed by atoms with Gasteiger partial charge in [0.05, 0.1) is 0 Å². The van der Waals surface area contributed by atoms with Gasteiger partial charge in [0.2, 0.25) is 0 Å². The minimum atomic E-state index is 0.768. The number of nitrogens with one attached hydrogen (secondary N) is 2. The Morgan fingerprint density at radius 1 is 0.947 bits per heavy atom. The summed E-state index contributed by atoms with van der Waals surface area (Å²) in [5, 5.41) is 6.49. The number of rotatable bonds is 5. The molecule has 4 heteroatoms. The number of aromatic nitrogens is 2. The van der Waals surface area contributed by atoms with Crippen LogP contribution >= 0.6 is 0 Å². The van der Waals surface area contributed by atoms with Gasteiger partial charge in [-0.3, -0.25) is 0 Å². The van der Waals surface area contributed by atoms with Crippen LogP contribution in [0, 0.1) is 13.8 Å². The molecule has 0 spiro atoms. The topological polar surface area (TPSA) is 49.8 Å². The van der Waals surface area contributed by atoms with E-state index < -0.39 is 0 Å². The van der Waals surface area contributed by atoms with Crippen LogP contribution in [0.4, 0.5) is 11.6 Å². The molecule has 1 heterocycles. The highest BCUT2D eigenvalue weighted by molar-refractivity contribution is 5.46. The summed E-state index contributed by atoms with van der Waals surface area (Å²) < 4.78 is 0. The molecule has 2 N–H and O–H groups in total. The number of benzene rings is 1. The lowest BCUT2D eigenvalue weighted by Gasteiger charge is -2.09. The summed E-state index contributed by atoms with van der Waals surface area (Å²) in [4.78, 5) is 8.36. The van der Waals surface area contributed by atoms with E-state index in [0.717, 1.165) is 24.7 Å². The van der Waals surface area contributed by atoms with Gasteiger partial charge in [-0.05, 0) is 37.5 Å². The van der Waals surface area contributed by atoms with E-state index >= 15 is 0 Å². The zero-order chi connectivity index (χ0) is 13.7. The van der Waals surface area contributed by atoms with Gasteiger partial charge >= 0.3 is 0 Å². The fraction of sp³-hybridized carbons (Fsp3) is 0.333. The zero-order valence-electron chi connectivity index (χ0n) is 11.7. The first-order valence-electron chi connectivity index (χ1n) is 6.55. The van der Waals surface area contributed by atoms with Gasteiger partial charge in [0.15, 0.2) is 0 Å². The van der Waals surface area contributed by atoms with E-state index in [-0.39, 0.29) is 0 Å². The molecule has 2 rings (SSSR count). The van der Waals surface area contributed by atoms with Gasteiger partial charge in [-0.2, -0.15) is 0 Å². The quantitative estimate of drug-likeness (QED) is 0.863. The summed E-state index contributed by atoms with van der Waals surface area (Å²) in [5.74, 6) is 1.68. The second-order valence-corrected chi connectivity index (χ2v) is 4.59. The van der Waals surface area contributed by atoms with Crippen molar-refractivity contribution < 1.29 is 0 Å². The van der Waals surface area contributed by atoms with Crippen molar-refractivity contribution in [2.24, 2.45) is 0 Å². The highest BCUT2D eigenvalue weighted by Gasteiger charge is 1.99. The maximum atomic E-state index is 4.21. The Morgan fingerprint density at radius 3 is 2.37 bits per heavy atom. The monoisotopic (exact) mass is 256 g/mol. The summed E-state index contributed by atoms with van der Waals surface area (Å²) in [6.07, 6.45) is 1.57. The minimum absolute atomic E-state index is 0.768. The number of hydrogen-bond acceptors (Lipinski definition) is 4. The van der Waals surface area contributed by atoms with Crippen LogP contribution in [0.5, 0.6) is 0 Å². The Morgan fingerprint density at radius 2 is 1.68 bits per heavy atom. The molecule has 0 aliphatic carbocycles. The SMILES string of the molecule is CCNc1cc(NCc2ccc(C)c(C)c2)ncn1. The molecular formula is C15H20N4. The molecule has 0 saturated heterocycles. The summed E-state index contributed by atoms with van der Waals surface area (Å²) in [6, 6.07) is 8.41. The third kappa shape index (κ3) is 3.68. The Labute approximate surface area is 114 Å². The van der Waals surface area contributed by atoms with Crippen LogP contribution in [-0.4, -0.2) is 16.5 Å². The predicted molar refractivity (Wildman–Crippen MR) is 79.4 cm³/mol. The summed E-state index contributed by atoms with van der Waals surface area (Å²) >= 11 is 0. The van der Waals surface area contributed by atoms with E-state index in [0.29, 0.717) is 0 Å². The average Bonchev–Trinajstić information content (AvgIpc) is 2.41. The van der Waals surface area contributed by atoms with E-state index in [1.54, 1.807) is 6.33 Å². The smallest absolute Gasteiger partial charge is 0.131 e. The maximum Gasteiger partial charge on any atom is 0.131 e. The van der Waals surface area contributed by atoms with Crippen molar-refractivity contribution in [1.29, 1.82) is 0 Å². The molecule has 100 valence electrons. The van der Waals surface area contributed by atoms with Crippen molar-refractivity contribution in [3.63, 3.8) is 0 Å². The van der Waals surface area contributed by atoms with Crippen molar-refractivity contribution >= 4 is 11.6 Å². The molecule has 0 bridgehead atoms. The van der Waals surface area contributed by atoms with E-state index in [4.69, 9.17) is 0 Å². The van der Waals surface area contributed by atoms with Gasteiger partial charge in [0.25, 0.3) is 0 Å². The molecule has 0 aliphatic rings. The molecule has 0 saturated carbocycles. The van der Waals surface area contributed by atoms with Gasteiger partial charge in [0.1, 0.15) is 18.0 Å². The maximum absolute atomic E-state index is 4.21. The highest BCUT2D eigenvalue weighted by atomic mass is 15.1. The number of anilines is 2. The predicted octanol–water partition coefficient (Wildman–Crippen LogP) is 3.14. The first-order valence-corrected chi connectivity index (χ1v) is 6.55. The first kappa shape index (κ1) is 13.3. The number of hydrogen-bond donors (Lipinski definition) is 2. The number of aryl methyl sites for hydroxylation is 2. The molecule has 0 fully saturated rings. The lowest BCUT2D eigenvalue weighted by atomic mass is 10.1. The molecule has 2 aromatic rings. The molecule has 0 aliphatic heterocycles. The van der Waals surface area contributed by atoms with Gasteiger partial charge in [0, 0.05) is 19.2 Å². The van der Waals surface area contributed by atoms with Gasteiger partial charge < -0.3 is 10.6 Å². The van der Waals surface area contributed by atoms with Crippen molar-refractivity contribution in [1.82, 2.24) is 9.97 Å². The third-order valence-electron chi connectivity index (χ3n) is 3.07. The van der Waals surface area contributed by atoms with Gasteiger partial charge in [-0.25, -0.2) is 9.97 Å². The van der Waals surface area contributed by atoms with Crippen molar-refractivity contribution in [2.75, 3.05) is 17.2 Å². The third-order valence-corrected chi connectivity index (χ3v) is 3.07. The Kier molecular flexibility index (Phi) is 4.34. The zero-order valence-corrected chi connectivity index (χ0v) is 11.7. The second-order valence-electron chi connectivity index (χ2n) is 4.59. The van der Waals surface area contributed by atoms with Crippen LogP contribution in [0.1, 0.15) is 23.6 Å². The van der Waals surface area contributed by atoms with E-state index in [9.17, 15) is 0 Å². The van der Waals surface area contributed by atoms with E-state index in [1.165, 1.54) is 16.7 Å². The Bertz CT molecular complexity index is 552. The lowest BCUT2D eigenvalue weighted by Crippen LogP contribution is -2.05. The summed E-state index contributed by atoms with van der Waals surface area (Å²) in [5.41, 5.74) is 3.89. The molecule has 0 amide bonds. The van der Waals surface area contributed by atoms with Crippen molar-refractivity contribution in [2.45, 2.75) is 27.3 Å². The molecule has 1 aromatic heterocycles. The molecule has 1 aromatic carbocycles. The first-order chi connectivity index (χ1) is 9.19. The molecule has 4 nitrogen and oxygen atoms in total. The van der Waals surface area contributed by atoms with E-state index in [1.807, 2.05) is 13.0 Å². The standard InChI is InChI=1S/C15H20N4/c1-4-16-14-8-15(19-10-18-14)17-9-13-6-5-11(2)12(3)7-13/h5-8,10H,4,9H2,1-3H3,(H2,16,17,18,19). The van der Waals surface area contributed by atoms with Crippen LogP contribution in [0.3, 0.4) is 0 Å². The van der Waals surface area contributed by atoms with Crippen LogP contribution in [0.25, 0.3) is 0 Å². The van der Waals surface area contributed by atoms with Crippen molar-refractivity contribution in [3.8, 4) is 0 Å². The van der Waals surface area contributed by atoms with Gasteiger partial charge in [-0.1, -0.05) is 18.2 Å². The normalized spacial score (nSPS) is 10.3. The lowest BCUT2D eigenvalue weighted by molar-refractivity contribution is 1.06. The Hall–Kier alpha value is -2.10.